The van der Waals surface area contributed by atoms with Crippen LogP contribution < -0.4 is 0 Å². The molecular formula is C19H32O3Si. The minimum Gasteiger partial charge on any atom is -0.493 e. The van der Waals surface area contributed by atoms with E-state index in [2.05, 4.69) is 39.9 Å². The molecule has 0 aromatic carbocycles. The molecule has 0 aromatic heterocycles. The van der Waals surface area contributed by atoms with E-state index in [1.165, 1.54) is 25.7 Å². The largest absolute Gasteiger partial charge is 0.493 e. The maximum Gasteiger partial charge on any atom is 0.192 e. The molecule has 3 nitrogen and oxygen atoms in total. The Morgan fingerprint density at radius 3 is 2.70 bits per heavy atom. The van der Waals surface area contributed by atoms with E-state index in [1.54, 1.807) is 11.1 Å². The third-order valence-electron chi connectivity index (χ3n) is 6.16. The molecule has 3 aliphatic rings. The Morgan fingerprint density at radius 1 is 1.22 bits per heavy atom. The van der Waals surface area contributed by atoms with Crippen LogP contribution in [0.3, 0.4) is 0 Å². The van der Waals surface area contributed by atoms with Gasteiger partial charge in [0.2, 0.25) is 0 Å². The maximum atomic E-state index is 6.40. The first kappa shape index (κ1) is 17.2. The highest BCUT2D eigenvalue weighted by Crippen LogP contribution is 2.41. The summed E-state index contributed by atoms with van der Waals surface area (Å²) >= 11 is 0. The van der Waals surface area contributed by atoms with Gasteiger partial charge in [-0.15, -0.1) is 0 Å². The fraction of sp³-hybridized carbons (Fsp3) is 0.789. The van der Waals surface area contributed by atoms with Crippen LogP contribution in [0.2, 0.25) is 18.1 Å². The van der Waals surface area contributed by atoms with E-state index < -0.39 is 8.32 Å². The molecule has 3 rings (SSSR count). The Morgan fingerprint density at radius 2 is 1.96 bits per heavy atom. The molecule has 0 saturated carbocycles. The smallest absolute Gasteiger partial charge is 0.192 e. The molecule has 0 amide bonds. The van der Waals surface area contributed by atoms with Crippen LogP contribution in [-0.2, 0) is 13.9 Å². The summed E-state index contributed by atoms with van der Waals surface area (Å²) in [5.74, 6) is 0.404. The van der Waals surface area contributed by atoms with Crippen molar-refractivity contribution < 1.29 is 13.9 Å². The zero-order valence-corrected chi connectivity index (χ0v) is 16.4. The van der Waals surface area contributed by atoms with Gasteiger partial charge in [0, 0.05) is 5.92 Å². The van der Waals surface area contributed by atoms with Crippen molar-refractivity contribution in [2.75, 3.05) is 13.2 Å². The van der Waals surface area contributed by atoms with Gasteiger partial charge in [-0.1, -0.05) is 26.3 Å². The zero-order valence-electron chi connectivity index (χ0n) is 15.4. The van der Waals surface area contributed by atoms with Crippen LogP contribution >= 0.6 is 0 Å². The van der Waals surface area contributed by atoms with Crippen molar-refractivity contribution in [1.29, 1.82) is 0 Å². The second-order valence-corrected chi connectivity index (χ2v) is 13.5. The molecule has 0 N–H and O–H groups in total. The van der Waals surface area contributed by atoms with Gasteiger partial charge in [-0.2, -0.15) is 0 Å². The van der Waals surface area contributed by atoms with E-state index in [1.807, 2.05) is 6.26 Å². The molecule has 130 valence electrons. The summed E-state index contributed by atoms with van der Waals surface area (Å²) in [4.78, 5) is 0. The molecule has 3 atom stereocenters. The van der Waals surface area contributed by atoms with Crippen LogP contribution in [0, 0.1) is 5.92 Å². The van der Waals surface area contributed by atoms with Gasteiger partial charge >= 0.3 is 0 Å². The van der Waals surface area contributed by atoms with Crippen LogP contribution in [-0.4, -0.2) is 33.7 Å². The summed E-state index contributed by atoms with van der Waals surface area (Å²) < 4.78 is 18.5. The molecule has 4 heteroatoms. The molecular weight excluding hydrogens is 304 g/mol. The monoisotopic (exact) mass is 336 g/mol. The van der Waals surface area contributed by atoms with E-state index in [0.717, 1.165) is 6.61 Å². The van der Waals surface area contributed by atoms with Crippen molar-refractivity contribution >= 4 is 8.32 Å². The summed E-state index contributed by atoms with van der Waals surface area (Å²) in [6, 6.07) is 0. The Balaban J connectivity index is 1.69. The first-order valence-corrected chi connectivity index (χ1v) is 12.0. The number of hydrogen-bond donors (Lipinski definition) is 0. The van der Waals surface area contributed by atoms with E-state index in [0.29, 0.717) is 12.5 Å². The van der Waals surface area contributed by atoms with Gasteiger partial charge in [-0.3, -0.25) is 0 Å². The second-order valence-electron chi connectivity index (χ2n) is 8.71. The lowest BCUT2D eigenvalue weighted by molar-refractivity contribution is -0.0871. The summed E-state index contributed by atoms with van der Waals surface area (Å²) in [5, 5.41) is 0.226. The fourth-order valence-corrected chi connectivity index (χ4v) is 4.58. The zero-order chi connectivity index (χ0) is 16.7. The standard InChI is InChI=1S/C19H32O3Si/c1-19(2,3)23(4,5)22-13-17-18-16(10-11-20-17)15-9-7-6-8-14(15)12-21-18/h10-11,16-18H,6-9,12-13H2,1-5H3/t16-,17+,18+/m1/s1. The Hall–Kier alpha value is -0.583. The molecule has 0 spiro atoms. The summed E-state index contributed by atoms with van der Waals surface area (Å²) in [6.45, 7) is 12.9. The lowest BCUT2D eigenvalue weighted by Gasteiger charge is -2.43. The Bertz CT molecular complexity index is 501. The predicted octanol–water partition coefficient (Wildman–Crippen LogP) is 4.81. The average molecular weight is 337 g/mol. The maximum absolute atomic E-state index is 6.40. The predicted molar refractivity (Wildman–Crippen MR) is 95.9 cm³/mol. The normalized spacial score (nSPS) is 31.4. The third kappa shape index (κ3) is 3.44. The molecule has 0 bridgehead atoms. The minimum atomic E-state index is -1.75. The van der Waals surface area contributed by atoms with Gasteiger partial charge in [-0.05, 0) is 55.5 Å². The third-order valence-corrected chi connectivity index (χ3v) is 10.7. The summed E-state index contributed by atoms with van der Waals surface area (Å²) in [6.07, 6.45) is 9.33. The van der Waals surface area contributed by atoms with Crippen molar-refractivity contribution in [2.45, 2.75) is 76.8 Å². The lowest BCUT2D eigenvalue weighted by atomic mass is 9.78. The van der Waals surface area contributed by atoms with Crippen LogP contribution in [0.4, 0.5) is 0 Å². The van der Waals surface area contributed by atoms with Crippen LogP contribution in [0.1, 0.15) is 46.5 Å². The summed E-state index contributed by atoms with van der Waals surface area (Å²) in [5.41, 5.74) is 3.18. The van der Waals surface area contributed by atoms with E-state index in [9.17, 15) is 0 Å². The molecule has 0 aromatic rings. The quantitative estimate of drug-likeness (QED) is 0.547. The van der Waals surface area contributed by atoms with Crippen LogP contribution in [0.5, 0.6) is 0 Å². The topological polar surface area (TPSA) is 27.7 Å². The number of hydrogen-bond acceptors (Lipinski definition) is 3. The SMILES string of the molecule is CC(C)(C)[Si](C)(C)OC[C@@H]1OC=C[C@@H]2C3=C(CCCC3)CO[C@H]12. The van der Waals surface area contributed by atoms with Gasteiger partial charge in [0.15, 0.2) is 8.32 Å². The van der Waals surface area contributed by atoms with Crippen LogP contribution in [0.15, 0.2) is 23.5 Å². The number of ether oxygens (including phenoxy) is 2. The van der Waals surface area contributed by atoms with Gasteiger partial charge in [0.05, 0.1) is 19.5 Å². The molecule has 2 heterocycles. The molecule has 23 heavy (non-hydrogen) atoms. The van der Waals surface area contributed by atoms with Crippen molar-refractivity contribution in [3.05, 3.63) is 23.5 Å². The molecule has 2 aliphatic heterocycles. The Kier molecular flexibility index (Phi) is 4.78. The second kappa shape index (κ2) is 6.38. The van der Waals surface area contributed by atoms with Crippen molar-refractivity contribution in [1.82, 2.24) is 0 Å². The van der Waals surface area contributed by atoms with Crippen molar-refractivity contribution in [2.24, 2.45) is 5.92 Å². The molecule has 0 fully saturated rings. The number of fused-ring (bicyclic) bond motifs is 2. The highest BCUT2D eigenvalue weighted by Gasteiger charge is 2.42. The highest BCUT2D eigenvalue weighted by atomic mass is 28.4. The fourth-order valence-electron chi connectivity index (χ4n) is 3.57. The molecule has 0 saturated heterocycles. The van der Waals surface area contributed by atoms with E-state index >= 15 is 0 Å². The molecule has 1 aliphatic carbocycles. The van der Waals surface area contributed by atoms with Crippen LogP contribution in [0.25, 0.3) is 0 Å². The summed E-state index contributed by atoms with van der Waals surface area (Å²) in [7, 11) is -1.75. The van der Waals surface area contributed by atoms with Crippen molar-refractivity contribution in [3.63, 3.8) is 0 Å². The van der Waals surface area contributed by atoms with Gasteiger partial charge in [0.25, 0.3) is 0 Å². The van der Waals surface area contributed by atoms with Gasteiger partial charge in [-0.25, -0.2) is 0 Å². The molecule has 0 unspecified atom stereocenters. The highest BCUT2D eigenvalue weighted by molar-refractivity contribution is 6.74. The van der Waals surface area contributed by atoms with Gasteiger partial charge < -0.3 is 13.9 Å². The number of rotatable bonds is 3. The van der Waals surface area contributed by atoms with E-state index in [4.69, 9.17) is 13.9 Å². The lowest BCUT2D eigenvalue weighted by Crippen LogP contribution is -2.49. The first-order chi connectivity index (χ1) is 10.8. The van der Waals surface area contributed by atoms with Crippen molar-refractivity contribution in [3.8, 4) is 0 Å². The van der Waals surface area contributed by atoms with Gasteiger partial charge in [0.1, 0.15) is 12.2 Å². The first-order valence-electron chi connectivity index (χ1n) is 9.08. The van der Waals surface area contributed by atoms with E-state index in [-0.39, 0.29) is 17.2 Å². The average Bonchev–Trinajstić information content (AvgIpc) is 2.51. The Labute approximate surface area is 142 Å². The molecule has 0 radical (unpaired) electrons. The minimum absolute atomic E-state index is 0.0232.